The Hall–Kier alpha value is -2.19. The minimum absolute atomic E-state index is 0.0777. The molecule has 0 fully saturated rings. The Balaban J connectivity index is 2.05. The lowest BCUT2D eigenvalue weighted by Crippen LogP contribution is -2.36. The zero-order valence-electron chi connectivity index (χ0n) is 14.5. The quantitative estimate of drug-likeness (QED) is 0.768. The van der Waals surface area contributed by atoms with Gasteiger partial charge in [-0.2, -0.15) is 0 Å². The summed E-state index contributed by atoms with van der Waals surface area (Å²) in [4.78, 5) is 29.4. The number of aromatic nitrogens is 1. The molecule has 6 nitrogen and oxygen atoms in total. The van der Waals surface area contributed by atoms with Crippen molar-refractivity contribution in [2.24, 2.45) is 5.92 Å². The van der Waals surface area contributed by atoms with E-state index in [1.54, 1.807) is 19.1 Å². The number of carboxylic acid groups (broad SMARTS) is 1. The summed E-state index contributed by atoms with van der Waals surface area (Å²) in [5.74, 6) is -2.03. The summed E-state index contributed by atoms with van der Waals surface area (Å²) in [6.07, 6.45) is 0.342. The molecule has 0 aliphatic carbocycles. The first-order valence-electron chi connectivity index (χ1n) is 7.82. The monoisotopic (exact) mass is 399 g/mol. The van der Waals surface area contributed by atoms with Gasteiger partial charge in [0.25, 0.3) is 0 Å². The number of rotatable bonds is 6. The second kappa shape index (κ2) is 8.46. The Morgan fingerprint density at radius 2 is 2.15 bits per heavy atom. The maximum Gasteiger partial charge on any atom is 0.323 e. The second-order valence-corrected chi connectivity index (χ2v) is 7.51. The number of urea groups is 1. The van der Waals surface area contributed by atoms with Crippen LogP contribution in [0.4, 0.5) is 14.3 Å². The SMILES string of the molecule is Cc1nc(NC(=O)N(C)CC(C)C(=O)O)sc1Cc1ccc(Cl)cc1F. The van der Waals surface area contributed by atoms with Crippen molar-refractivity contribution in [1.29, 1.82) is 0 Å². The van der Waals surface area contributed by atoms with Crippen LogP contribution in [0.1, 0.15) is 23.1 Å². The molecule has 0 radical (unpaired) electrons. The fourth-order valence-corrected chi connectivity index (χ4v) is 3.38. The fourth-order valence-electron chi connectivity index (χ4n) is 2.24. The molecule has 26 heavy (non-hydrogen) atoms. The first-order valence-corrected chi connectivity index (χ1v) is 9.02. The molecule has 2 N–H and O–H groups in total. The average molecular weight is 400 g/mol. The highest BCUT2D eigenvalue weighted by Crippen LogP contribution is 2.27. The topological polar surface area (TPSA) is 82.5 Å². The van der Waals surface area contributed by atoms with Crippen LogP contribution < -0.4 is 5.32 Å². The Bertz CT molecular complexity index is 828. The van der Waals surface area contributed by atoms with E-state index in [4.69, 9.17) is 16.7 Å². The van der Waals surface area contributed by atoms with E-state index in [9.17, 15) is 14.0 Å². The van der Waals surface area contributed by atoms with Crippen molar-refractivity contribution in [3.63, 3.8) is 0 Å². The molecule has 2 aromatic rings. The van der Waals surface area contributed by atoms with Gasteiger partial charge in [0.1, 0.15) is 5.82 Å². The number of carbonyl (C=O) groups excluding carboxylic acids is 1. The normalized spacial score (nSPS) is 11.9. The van der Waals surface area contributed by atoms with Gasteiger partial charge in [0.15, 0.2) is 5.13 Å². The van der Waals surface area contributed by atoms with Crippen LogP contribution in [0.15, 0.2) is 18.2 Å². The molecule has 0 saturated heterocycles. The number of aryl methyl sites for hydroxylation is 1. The summed E-state index contributed by atoms with van der Waals surface area (Å²) in [5.41, 5.74) is 1.19. The smallest absolute Gasteiger partial charge is 0.323 e. The highest BCUT2D eigenvalue weighted by atomic mass is 35.5. The average Bonchev–Trinajstić information content (AvgIpc) is 2.89. The van der Waals surface area contributed by atoms with Gasteiger partial charge < -0.3 is 10.0 Å². The first-order chi connectivity index (χ1) is 12.2. The number of halogens is 2. The van der Waals surface area contributed by atoms with Crippen LogP contribution in [0.2, 0.25) is 5.02 Å². The van der Waals surface area contributed by atoms with E-state index in [-0.39, 0.29) is 6.54 Å². The molecule has 1 aromatic heterocycles. The molecule has 0 spiro atoms. The first kappa shape index (κ1) is 20.1. The molecule has 2 amide bonds. The zero-order valence-corrected chi connectivity index (χ0v) is 16.1. The van der Waals surface area contributed by atoms with Crippen LogP contribution in [0.5, 0.6) is 0 Å². The van der Waals surface area contributed by atoms with Gasteiger partial charge in [-0.1, -0.05) is 24.6 Å². The summed E-state index contributed by atoms with van der Waals surface area (Å²) < 4.78 is 14.0. The summed E-state index contributed by atoms with van der Waals surface area (Å²) >= 11 is 7.01. The molecule has 1 unspecified atom stereocenters. The van der Waals surface area contributed by atoms with Crippen molar-refractivity contribution in [2.45, 2.75) is 20.3 Å². The van der Waals surface area contributed by atoms with E-state index in [1.165, 1.54) is 36.3 Å². The Morgan fingerprint density at radius 3 is 2.77 bits per heavy atom. The van der Waals surface area contributed by atoms with E-state index in [2.05, 4.69) is 10.3 Å². The second-order valence-electron chi connectivity index (χ2n) is 5.99. The van der Waals surface area contributed by atoms with E-state index in [1.807, 2.05) is 0 Å². The summed E-state index contributed by atoms with van der Waals surface area (Å²) in [6.45, 7) is 3.39. The molecule has 1 aromatic carbocycles. The van der Waals surface area contributed by atoms with Gasteiger partial charge in [0, 0.05) is 29.9 Å². The lowest BCUT2D eigenvalue weighted by atomic mass is 10.1. The molecule has 2 rings (SSSR count). The number of hydrogen-bond acceptors (Lipinski definition) is 4. The van der Waals surface area contributed by atoms with Crippen molar-refractivity contribution in [3.8, 4) is 0 Å². The van der Waals surface area contributed by atoms with Gasteiger partial charge in [0.2, 0.25) is 0 Å². The predicted molar refractivity (Wildman–Crippen MR) is 99.5 cm³/mol. The van der Waals surface area contributed by atoms with Gasteiger partial charge in [-0.05, 0) is 24.6 Å². The van der Waals surface area contributed by atoms with E-state index in [0.29, 0.717) is 27.8 Å². The molecule has 1 heterocycles. The maximum absolute atomic E-state index is 14.0. The number of nitrogens with one attached hydrogen (secondary N) is 1. The minimum Gasteiger partial charge on any atom is -0.481 e. The number of carbonyl (C=O) groups is 2. The molecule has 9 heteroatoms. The van der Waals surface area contributed by atoms with Crippen molar-refractivity contribution in [2.75, 3.05) is 18.9 Å². The van der Waals surface area contributed by atoms with Crippen LogP contribution in [-0.2, 0) is 11.2 Å². The highest BCUT2D eigenvalue weighted by Gasteiger charge is 2.19. The lowest BCUT2D eigenvalue weighted by molar-refractivity contribution is -0.141. The molecule has 0 aliphatic rings. The molecule has 0 aliphatic heterocycles. The van der Waals surface area contributed by atoms with Gasteiger partial charge in [-0.25, -0.2) is 14.2 Å². The fraction of sp³-hybridized carbons (Fsp3) is 0.353. The van der Waals surface area contributed by atoms with Crippen LogP contribution in [-0.4, -0.2) is 40.6 Å². The number of amides is 2. The van der Waals surface area contributed by atoms with E-state index >= 15 is 0 Å². The molecule has 140 valence electrons. The molecule has 1 atom stereocenters. The van der Waals surface area contributed by atoms with Gasteiger partial charge >= 0.3 is 12.0 Å². The predicted octanol–water partition coefficient (Wildman–Crippen LogP) is 4.02. The maximum atomic E-state index is 14.0. The number of anilines is 1. The minimum atomic E-state index is -0.970. The third-order valence-corrected chi connectivity index (χ3v) is 5.10. The Labute approximate surface area is 159 Å². The third-order valence-electron chi connectivity index (χ3n) is 3.79. The number of thiazole rings is 1. The number of hydrogen-bond donors (Lipinski definition) is 2. The van der Waals surface area contributed by atoms with Crippen LogP contribution in [0.3, 0.4) is 0 Å². The molecule has 0 saturated carbocycles. The standard InChI is InChI=1S/C17H19ClFN3O3S/c1-9(15(23)24)8-22(3)17(25)21-16-20-10(2)14(26-16)6-11-4-5-12(18)7-13(11)19/h4-5,7,9H,6,8H2,1-3H3,(H,23,24)(H,20,21,25). The lowest BCUT2D eigenvalue weighted by Gasteiger charge is -2.19. The number of carboxylic acids is 1. The van der Waals surface area contributed by atoms with Crippen molar-refractivity contribution >= 4 is 40.1 Å². The molecular weight excluding hydrogens is 381 g/mol. The van der Waals surface area contributed by atoms with Gasteiger partial charge in [-0.3, -0.25) is 10.1 Å². The number of aliphatic carboxylic acids is 1. The molecule has 0 bridgehead atoms. The van der Waals surface area contributed by atoms with Gasteiger partial charge in [-0.15, -0.1) is 11.3 Å². The van der Waals surface area contributed by atoms with Crippen molar-refractivity contribution < 1.29 is 19.1 Å². The Morgan fingerprint density at radius 1 is 1.46 bits per heavy atom. The van der Waals surface area contributed by atoms with Gasteiger partial charge in [0.05, 0.1) is 11.6 Å². The summed E-state index contributed by atoms with van der Waals surface area (Å²) in [7, 11) is 1.51. The number of nitrogens with zero attached hydrogens (tertiary/aromatic N) is 2. The summed E-state index contributed by atoms with van der Waals surface area (Å²) in [5, 5.41) is 12.3. The molecular formula is C17H19ClFN3O3S. The Kier molecular flexibility index (Phi) is 6.55. The van der Waals surface area contributed by atoms with Crippen LogP contribution >= 0.6 is 22.9 Å². The van der Waals surface area contributed by atoms with Crippen molar-refractivity contribution in [1.82, 2.24) is 9.88 Å². The largest absolute Gasteiger partial charge is 0.481 e. The zero-order chi connectivity index (χ0) is 19.4. The highest BCUT2D eigenvalue weighted by molar-refractivity contribution is 7.15. The third kappa shape index (κ3) is 5.15. The number of benzene rings is 1. The van der Waals surface area contributed by atoms with Crippen LogP contribution in [0.25, 0.3) is 0 Å². The van der Waals surface area contributed by atoms with E-state index in [0.717, 1.165) is 4.88 Å². The van der Waals surface area contributed by atoms with E-state index < -0.39 is 23.7 Å². The van der Waals surface area contributed by atoms with Crippen molar-refractivity contribution in [3.05, 3.63) is 45.2 Å². The summed E-state index contributed by atoms with van der Waals surface area (Å²) in [6, 6.07) is 4.05. The van der Waals surface area contributed by atoms with Crippen LogP contribution in [0, 0.1) is 18.7 Å².